The molecular weight excluding hydrogens is 304 g/mol. The van der Waals surface area contributed by atoms with Crippen molar-refractivity contribution in [2.45, 2.75) is 39.8 Å². The number of fused-ring (bicyclic) bond motifs is 1. The van der Waals surface area contributed by atoms with Gasteiger partial charge in [0.1, 0.15) is 0 Å². The number of rotatable bonds is 4. The smallest absolute Gasteiger partial charge is 0.234 e. The van der Waals surface area contributed by atoms with Gasteiger partial charge in [0.25, 0.3) is 0 Å². The van der Waals surface area contributed by atoms with E-state index in [9.17, 15) is 4.79 Å². The summed E-state index contributed by atoms with van der Waals surface area (Å²) in [4.78, 5) is 16.1. The molecule has 2 heterocycles. The van der Waals surface area contributed by atoms with Crippen molar-refractivity contribution >= 4 is 17.2 Å². The molecule has 1 aromatic heterocycles. The number of carbonyl (C=O) groups excluding carboxylic acids is 1. The second kappa shape index (κ2) is 6.85. The van der Waals surface area contributed by atoms with Crippen molar-refractivity contribution in [3.63, 3.8) is 0 Å². The van der Waals surface area contributed by atoms with Crippen molar-refractivity contribution in [2.75, 3.05) is 13.1 Å². The summed E-state index contributed by atoms with van der Waals surface area (Å²) < 4.78 is 0. The van der Waals surface area contributed by atoms with Crippen LogP contribution < -0.4 is 5.32 Å². The van der Waals surface area contributed by atoms with Gasteiger partial charge in [-0.2, -0.15) is 0 Å². The van der Waals surface area contributed by atoms with E-state index in [0.29, 0.717) is 6.54 Å². The van der Waals surface area contributed by atoms with Gasteiger partial charge in [-0.3, -0.25) is 9.69 Å². The Kier molecular flexibility index (Phi) is 4.83. The van der Waals surface area contributed by atoms with Gasteiger partial charge in [0.15, 0.2) is 0 Å². The number of nitrogens with zero attached hydrogens (tertiary/aromatic N) is 1. The third-order valence-electron chi connectivity index (χ3n) is 4.66. The number of aryl methyl sites for hydroxylation is 2. The van der Waals surface area contributed by atoms with E-state index in [1.807, 2.05) is 11.3 Å². The van der Waals surface area contributed by atoms with Crippen molar-refractivity contribution in [3.8, 4) is 0 Å². The van der Waals surface area contributed by atoms with E-state index in [2.05, 4.69) is 60.6 Å². The number of hydrogen-bond acceptors (Lipinski definition) is 3. The highest BCUT2D eigenvalue weighted by atomic mass is 32.1. The highest BCUT2D eigenvalue weighted by Gasteiger charge is 2.20. The van der Waals surface area contributed by atoms with Crippen LogP contribution in [0.25, 0.3) is 0 Å². The highest BCUT2D eigenvalue weighted by molar-refractivity contribution is 7.10. The predicted molar refractivity (Wildman–Crippen MR) is 95.8 cm³/mol. The first-order chi connectivity index (χ1) is 11.0. The van der Waals surface area contributed by atoms with Gasteiger partial charge in [-0.1, -0.05) is 18.2 Å². The molecule has 0 fully saturated rings. The molecule has 0 aliphatic carbocycles. The van der Waals surface area contributed by atoms with Crippen LogP contribution in [0.15, 0.2) is 29.6 Å². The molecular formula is C19H24N2OS. The van der Waals surface area contributed by atoms with E-state index >= 15 is 0 Å². The standard InChI is InChI=1S/C19H24N2OS/c1-13-4-5-16(10-14(13)2)15(3)20-19(22)12-21-8-6-18-17(11-21)7-9-23-18/h4-5,7,9-10,15H,6,8,11-12H2,1-3H3,(H,20,22). The zero-order valence-corrected chi connectivity index (χ0v) is 14.9. The minimum Gasteiger partial charge on any atom is -0.348 e. The first-order valence-electron chi connectivity index (χ1n) is 8.17. The van der Waals surface area contributed by atoms with Crippen LogP contribution in [-0.4, -0.2) is 23.9 Å². The first-order valence-corrected chi connectivity index (χ1v) is 9.05. The van der Waals surface area contributed by atoms with Gasteiger partial charge < -0.3 is 5.32 Å². The molecule has 1 aromatic carbocycles. The van der Waals surface area contributed by atoms with E-state index in [1.54, 1.807) is 0 Å². The van der Waals surface area contributed by atoms with E-state index in [-0.39, 0.29) is 11.9 Å². The molecule has 0 bridgehead atoms. The Balaban J connectivity index is 1.56. The third-order valence-corrected chi connectivity index (χ3v) is 5.69. The normalized spacial score (nSPS) is 16.0. The average molecular weight is 328 g/mol. The zero-order chi connectivity index (χ0) is 16.4. The number of hydrogen-bond donors (Lipinski definition) is 1. The van der Waals surface area contributed by atoms with Crippen LogP contribution >= 0.6 is 11.3 Å². The molecule has 0 saturated carbocycles. The molecule has 4 heteroatoms. The van der Waals surface area contributed by atoms with Crippen LogP contribution in [0.4, 0.5) is 0 Å². The Hall–Kier alpha value is -1.65. The molecule has 0 radical (unpaired) electrons. The third kappa shape index (κ3) is 3.82. The summed E-state index contributed by atoms with van der Waals surface area (Å²) in [5, 5.41) is 5.28. The number of nitrogens with one attached hydrogen (secondary N) is 1. The largest absolute Gasteiger partial charge is 0.348 e. The monoisotopic (exact) mass is 328 g/mol. The molecule has 1 atom stereocenters. The number of carbonyl (C=O) groups is 1. The molecule has 3 rings (SSSR count). The fourth-order valence-electron chi connectivity index (χ4n) is 3.05. The van der Waals surface area contributed by atoms with Crippen LogP contribution in [0.2, 0.25) is 0 Å². The van der Waals surface area contributed by atoms with Crippen molar-refractivity contribution in [1.29, 1.82) is 0 Å². The van der Waals surface area contributed by atoms with E-state index < -0.39 is 0 Å². The Labute approximate surface area is 142 Å². The highest BCUT2D eigenvalue weighted by Crippen LogP contribution is 2.23. The fourth-order valence-corrected chi connectivity index (χ4v) is 3.94. The maximum Gasteiger partial charge on any atom is 0.234 e. The lowest BCUT2D eigenvalue weighted by Gasteiger charge is -2.27. The Bertz CT molecular complexity index is 707. The Morgan fingerprint density at radius 2 is 2.13 bits per heavy atom. The summed E-state index contributed by atoms with van der Waals surface area (Å²) in [5.41, 5.74) is 5.10. The summed E-state index contributed by atoms with van der Waals surface area (Å²) in [7, 11) is 0. The molecule has 0 spiro atoms. The lowest BCUT2D eigenvalue weighted by Crippen LogP contribution is -2.40. The van der Waals surface area contributed by atoms with Gasteiger partial charge in [-0.15, -0.1) is 11.3 Å². The minimum atomic E-state index is 0.0447. The summed E-state index contributed by atoms with van der Waals surface area (Å²) >= 11 is 1.83. The molecule has 1 N–H and O–H groups in total. The van der Waals surface area contributed by atoms with Crippen LogP contribution in [0.5, 0.6) is 0 Å². The molecule has 3 nitrogen and oxygen atoms in total. The Morgan fingerprint density at radius 1 is 1.30 bits per heavy atom. The fraction of sp³-hybridized carbons (Fsp3) is 0.421. The van der Waals surface area contributed by atoms with Gasteiger partial charge in [0, 0.05) is 18.0 Å². The molecule has 1 aliphatic rings. The molecule has 1 aliphatic heterocycles. The molecule has 1 unspecified atom stereocenters. The summed E-state index contributed by atoms with van der Waals surface area (Å²) in [6, 6.07) is 8.62. The van der Waals surface area contributed by atoms with Crippen LogP contribution in [-0.2, 0) is 17.8 Å². The lowest BCUT2D eigenvalue weighted by atomic mass is 10.0. The quantitative estimate of drug-likeness (QED) is 0.930. The van der Waals surface area contributed by atoms with E-state index in [0.717, 1.165) is 19.5 Å². The van der Waals surface area contributed by atoms with Crippen molar-refractivity contribution in [1.82, 2.24) is 10.2 Å². The number of thiophene rings is 1. The van der Waals surface area contributed by atoms with Crippen molar-refractivity contribution < 1.29 is 4.79 Å². The summed E-state index contributed by atoms with van der Waals surface area (Å²) in [5.74, 6) is 0.106. The molecule has 23 heavy (non-hydrogen) atoms. The van der Waals surface area contributed by atoms with Crippen LogP contribution in [0, 0.1) is 13.8 Å². The van der Waals surface area contributed by atoms with Gasteiger partial charge in [-0.05, 0) is 60.9 Å². The summed E-state index contributed by atoms with van der Waals surface area (Å²) in [6.07, 6.45) is 1.06. The molecule has 122 valence electrons. The molecule has 0 saturated heterocycles. The van der Waals surface area contributed by atoms with Crippen LogP contribution in [0.1, 0.15) is 40.1 Å². The summed E-state index contributed by atoms with van der Waals surface area (Å²) in [6.45, 7) is 8.61. The Morgan fingerprint density at radius 3 is 2.91 bits per heavy atom. The van der Waals surface area contributed by atoms with Crippen molar-refractivity contribution in [2.24, 2.45) is 0 Å². The second-order valence-electron chi connectivity index (χ2n) is 6.46. The van der Waals surface area contributed by atoms with Gasteiger partial charge in [-0.25, -0.2) is 0 Å². The van der Waals surface area contributed by atoms with Gasteiger partial charge in [0.05, 0.1) is 12.6 Å². The molecule has 2 aromatic rings. The van der Waals surface area contributed by atoms with Gasteiger partial charge >= 0.3 is 0 Å². The molecule has 1 amide bonds. The van der Waals surface area contributed by atoms with Crippen molar-refractivity contribution in [3.05, 3.63) is 56.8 Å². The minimum absolute atomic E-state index is 0.0447. The van der Waals surface area contributed by atoms with Crippen LogP contribution in [0.3, 0.4) is 0 Å². The van der Waals surface area contributed by atoms with E-state index in [4.69, 9.17) is 0 Å². The average Bonchev–Trinajstić information content (AvgIpc) is 2.97. The second-order valence-corrected chi connectivity index (χ2v) is 7.46. The van der Waals surface area contributed by atoms with Gasteiger partial charge in [0.2, 0.25) is 5.91 Å². The first kappa shape index (κ1) is 16.2. The predicted octanol–water partition coefficient (Wildman–Crippen LogP) is 3.60. The number of benzene rings is 1. The topological polar surface area (TPSA) is 32.3 Å². The number of amides is 1. The maximum atomic E-state index is 12.3. The SMILES string of the molecule is Cc1ccc(C(C)NC(=O)CN2CCc3sccc3C2)cc1C. The maximum absolute atomic E-state index is 12.3. The lowest BCUT2D eigenvalue weighted by molar-refractivity contribution is -0.123. The zero-order valence-electron chi connectivity index (χ0n) is 14.1. The van der Waals surface area contributed by atoms with E-state index in [1.165, 1.54) is 27.1 Å².